The average Bonchev–Trinajstić information content (AvgIpc) is 3.05. The molecular formula is C24H20N2O4. The Morgan fingerprint density at radius 1 is 1.00 bits per heavy atom. The van der Waals surface area contributed by atoms with E-state index in [4.69, 9.17) is 4.74 Å². The molecule has 0 aliphatic heterocycles. The molecule has 3 aromatic rings. The molecule has 1 aliphatic carbocycles. The Bertz CT molecular complexity index is 1170. The van der Waals surface area contributed by atoms with Crippen molar-refractivity contribution in [2.24, 2.45) is 0 Å². The van der Waals surface area contributed by atoms with E-state index in [1.165, 1.54) is 13.0 Å². The first-order valence-electron chi connectivity index (χ1n) is 9.61. The minimum absolute atomic E-state index is 0.0623. The molecular weight excluding hydrogens is 380 g/mol. The van der Waals surface area contributed by atoms with Gasteiger partial charge in [-0.05, 0) is 46.0 Å². The molecule has 1 amide bonds. The third-order valence-electron chi connectivity index (χ3n) is 4.96. The summed E-state index contributed by atoms with van der Waals surface area (Å²) in [7, 11) is 0. The molecule has 0 atom stereocenters. The molecule has 0 bridgehead atoms. The van der Waals surface area contributed by atoms with E-state index >= 15 is 0 Å². The predicted octanol–water partition coefficient (Wildman–Crippen LogP) is 4.68. The van der Waals surface area contributed by atoms with Crippen LogP contribution in [0.15, 0.2) is 66.7 Å². The van der Waals surface area contributed by atoms with Crippen LogP contribution in [0.3, 0.4) is 0 Å². The molecule has 0 spiro atoms. The average molecular weight is 400 g/mol. The zero-order chi connectivity index (χ0) is 21.1. The van der Waals surface area contributed by atoms with Crippen molar-refractivity contribution >= 4 is 23.2 Å². The largest absolute Gasteiger partial charge is 0.491 e. The van der Waals surface area contributed by atoms with Crippen molar-refractivity contribution in [3.05, 3.63) is 93.5 Å². The number of ether oxygens (including phenoxy) is 1. The van der Waals surface area contributed by atoms with Gasteiger partial charge in [0.15, 0.2) is 0 Å². The summed E-state index contributed by atoms with van der Waals surface area (Å²) in [5.74, 6) is 0.585. The Hall–Kier alpha value is -3.93. The van der Waals surface area contributed by atoms with Gasteiger partial charge in [-0.25, -0.2) is 0 Å². The number of nitrogens with one attached hydrogen (secondary N) is 1. The van der Waals surface area contributed by atoms with Crippen LogP contribution in [-0.2, 0) is 4.79 Å². The number of carbonyl (C=O) groups is 1. The van der Waals surface area contributed by atoms with Crippen molar-refractivity contribution in [3.8, 4) is 16.9 Å². The number of nitro groups is 1. The summed E-state index contributed by atoms with van der Waals surface area (Å²) in [5, 5.41) is 14.0. The molecule has 6 heteroatoms. The van der Waals surface area contributed by atoms with Crippen LogP contribution < -0.4 is 10.1 Å². The number of nitrogens with zero attached hydrogens (tertiary/aromatic N) is 1. The van der Waals surface area contributed by atoms with Crippen molar-refractivity contribution in [1.29, 1.82) is 0 Å². The van der Waals surface area contributed by atoms with Gasteiger partial charge in [-0.1, -0.05) is 42.5 Å². The van der Waals surface area contributed by atoms with Crippen LogP contribution in [0.2, 0.25) is 0 Å². The van der Waals surface area contributed by atoms with Gasteiger partial charge < -0.3 is 10.1 Å². The standard InChI is InChI=1S/C24H20N2O4/c1-16(27)25-12-13-30-24-9-5-2-6-17(24)14-22-20-8-4-3-7-19(20)21-11-10-18(26(28)29)15-23(21)22/h2-11,14-15H,12-13H2,1H3,(H,25,27). The fourth-order valence-corrected chi connectivity index (χ4v) is 3.63. The van der Waals surface area contributed by atoms with Gasteiger partial charge in [0.25, 0.3) is 5.69 Å². The number of rotatable bonds is 6. The van der Waals surface area contributed by atoms with Gasteiger partial charge in [0.1, 0.15) is 12.4 Å². The van der Waals surface area contributed by atoms with Crippen molar-refractivity contribution < 1.29 is 14.5 Å². The number of hydrogen-bond donors (Lipinski definition) is 1. The number of carbonyl (C=O) groups excluding carboxylic acids is 1. The third-order valence-corrected chi connectivity index (χ3v) is 4.96. The van der Waals surface area contributed by atoms with Crippen molar-refractivity contribution in [2.75, 3.05) is 13.2 Å². The van der Waals surface area contributed by atoms with E-state index in [-0.39, 0.29) is 16.5 Å². The number of hydrogen-bond acceptors (Lipinski definition) is 4. The topological polar surface area (TPSA) is 81.5 Å². The second-order valence-corrected chi connectivity index (χ2v) is 6.96. The highest BCUT2D eigenvalue weighted by molar-refractivity contribution is 6.07. The Balaban J connectivity index is 1.75. The summed E-state index contributed by atoms with van der Waals surface area (Å²) < 4.78 is 5.87. The fourth-order valence-electron chi connectivity index (χ4n) is 3.63. The van der Waals surface area contributed by atoms with Crippen LogP contribution in [0.1, 0.15) is 23.6 Å². The van der Waals surface area contributed by atoms with Crippen molar-refractivity contribution in [3.63, 3.8) is 0 Å². The molecule has 30 heavy (non-hydrogen) atoms. The molecule has 1 aliphatic rings. The first kappa shape index (κ1) is 19.4. The number of fused-ring (bicyclic) bond motifs is 3. The highest BCUT2D eigenvalue weighted by atomic mass is 16.6. The lowest BCUT2D eigenvalue weighted by molar-refractivity contribution is -0.384. The lowest BCUT2D eigenvalue weighted by Crippen LogP contribution is -2.25. The SMILES string of the molecule is CC(=O)NCCOc1ccccc1C=C1c2ccccc2-c2ccc([N+](=O)[O-])cc21. The Kier molecular flexibility index (Phi) is 5.30. The lowest BCUT2D eigenvalue weighted by Gasteiger charge is -2.11. The van der Waals surface area contributed by atoms with Gasteiger partial charge in [-0.15, -0.1) is 0 Å². The Labute approximate surface area is 174 Å². The number of amides is 1. The molecule has 0 unspecified atom stereocenters. The molecule has 0 fully saturated rings. The van der Waals surface area contributed by atoms with E-state index in [0.717, 1.165) is 33.4 Å². The van der Waals surface area contributed by atoms with E-state index in [0.29, 0.717) is 18.9 Å². The van der Waals surface area contributed by atoms with E-state index in [2.05, 4.69) is 5.32 Å². The maximum absolute atomic E-state index is 11.3. The quantitative estimate of drug-likeness (QED) is 0.289. The highest BCUT2D eigenvalue weighted by Crippen LogP contribution is 2.46. The third kappa shape index (κ3) is 3.80. The zero-order valence-electron chi connectivity index (χ0n) is 16.4. The zero-order valence-corrected chi connectivity index (χ0v) is 16.4. The van der Waals surface area contributed by atoms with E-state index < -0.39 is 0 Å². The van der Waals surface area contributed by atoms with E-state index in [9.17, 15) is 14.9 Å². The van der Waals surface area contributed by atoms with Crippen molar-refractivity contribution in [2.45, 2.75) is 6.92 Å². The van der Waals surface area contributed by atoms with E-state index in [1.54, 1.807) is 6.07 Å². The van der Waals surface area contributed by atoms with Crippen molar-refractivity contribution in [1.82, 2.24) is 5.32 Å². The maximum Gasteiger partial charge on any atom is 0.270 e. The monoisotopic (exact) mass is 400 g/mol. The first-order chi connectivity index (χ1) is 14.5. The van der Waals surface area contributed by atoms with E-state index in [1.807, 2.05) is 60.7 Å². The van der Waals surface area contributed by atoms with Gasteiger partial charge in [0.2, 0.25) is 5.91 Å². The van der Waals surface area contributed by atoms with Crippen LogP contribution in [0, 0.1) is 10.1 Å². The lowest BCUT2D eigenvalue weighted by atomic mass is 10.0. The second-order valence-electron chi connectivity index (χ2n) is 6.96. The summed E-state index contributed by atoms with van der Waals surface area (Å²) in [5.41, 5.74) is 5.74. The number of benzene rings is 3. The molecule has 0 heterocycles. The molecule has 3 aromatic carbocycles. The molecule has 0 saturated heterocycles. The molecule has 150 valence electrons. The molecule has 0 aromatic heterocycles. The summed E-state index contributed by atoms with van der Waals surface area (Å²) in [6.45, 7) is 2.23. The summed E-state index contributed by atoms with van der Waals surface area (Å²) in [6.07, 6.45) is 2.00. The Morgan fingerprint density at radius 3 is 2.47 bits per heavy atom. The smallest absolute Gasteiger partial charge is 0.270 e. The highest BCUT2D eigenvalue weighted by Gasteiger charge is 2.25. The second kappa shape index (κ2) is 8.21. The molecule has 0 radical (unpaired) electrons. The molecule has 6 nitrogen and oxygen atoms in total. The number of non-ortho nitro benzene ring substituents is 1. The molecule has 4 rings (SSSR count). The Morgan fingerprint density at radius 2 is 1.70 bits per heavy atom. The van der Waals surface area contributed by atoms with Gasteiger partial charge in [0, 0.05) is 24.6 Å². The minimum atomic E-state index is -0.375. The van der Waals surface area contributed by atoms with Gasteiger partial charge in [-0.2, -0.15) is 0 Å². The minimum Gasteiger partial charge on any atom is -0.491 e. The normalized spacial score (nSPS) is 12.9. The van der Waals surface area contributed by atoms with Crippen LogP contribution in [0.25, 0.3) is 22.8 Å². The number of para-hydroxylation sites is 1. The predicted molar refractivity (Wildman–Crippen MR) is 116 cm³/mol. The van der Waals surface area contributed by atoms with Gasteiger partial charge >= 0.3 is 0 Å². The van der Waals surface area contributed by atoms with Gasteiger partial charge in [0.05, 0.1) is 11.5 Å². The maximum atomic E-state index is 11.3. The first-order valence-corrected chi connectivity index (χ1v) is 9.61. The summed E-state index contributed by atoms with van der Waals surface area (Å²) in [4.78, 5) is 22.0. The fraction of sp³-hybridized carbons (Fsp3) is 0.125. The summed E-state index contributed by atoms with van der Waals surface area (Å²) >= 11 is 0. The van der Waals surface area contributed by atoms with Crippen LogP contribution >= 0.6 is 0 Å². The molecule has 1 N–H and O–H groups in total. The van der Waals surface area contributed by atoms with Crippen LogP contribution in [-0.4, -0.2) is 24.0 Å². The number of nitro benzene ring substituents is 1. The van der Waals surface area contributed by atoms with Gasteiger partial charge in [-0.3, -0.25) is 14.9 Å². The van der Waals surface area contributed by atoms with Crippen LogP contribution in [0.5, 0.6) is 5.75 Å². The molecule has 0 saturated carbocycles. The summed E-state index contributed by atoms with van der Waals surface area (Å²) in [6, 6.07) is 20.6. The van der Waals surface area contributed by atoms with Crippen LogP contribution in [0.4, 0.5) is 5.69 Å².